The molecule has 6 nitrogen and oxygen atoms in total. The van der Waals surface area contributed by atoms with Crippen LogP contribution in [-0.2, 0) is 9.53 Å². The number of benzene rings is 1. The maximum Gasteiger partial charge on any atom is 0.222 e. The van der Waals surface area contributed by atoms with Crippen molar-refractivity contribution in [3.8, 4) is 11.3 Å². The van der Waals surface area contributed by atoms with Crippen LogP contribution in [0.5, 0.6) is 0 Å². The monoisotopic (exact) mass is 438 g/mol. The fraction of sp³-hybridized carbons (Fsp3) is 0.640. The summed E-state index contributed by atoms with van der Waals surface area (Å²) in [7, 11) is 0. The van der Waals surface area contributed by atoms with Gasteiger partial charge in [-0.1, -0.05) is 5.21 Å². The van der Waals surface area contributed by atoms with Crippen molar-refractivity contribution in [1.82, 2.24) is 19.9 Å². The summed E-state index contributed by atoms with van der Waals surface area (Å²) in [5.74, 6) is 2.43. The van der Waals surface area contributed by atoms with Crippen molar-refractivity contribution < 1.29 is 13.9 Å². The summed E-state index contributed by atoms with van der Waals surface area (Å²) in [5.41, 5.74) is 1.61. The van der Waals surface area contributed by atoms with E-state index in [1.54, 1.807) is 12.1 Å². The van der Waals surface area contributed by atoms with Gasteiger partial charge in [-0.3, -0.25) is 4.79 Å². The van der Waals surface area contributed by atoms with E-state index in [-0.39, 0.29) is 18.0 Å². The molecule has 4 atom stereocenters. The Hall–Kier alpha value is -2.28. The number of carbonyl (C=O) groups is 1. The van der Waals surface area contributed by atoms with E-state index in [0.717, 1.165) is 50.2 Å². The molecule has 1 aromatic carbocycles. The molecule has 2 aromatic rings. The number of hydrogen-bond acceptors (Lipinski definition) is 4. The number of hydrogen-bond donors (Lipinski definition) is 0. The molecular weight excluding hydrogens is 407 g/mol. The molecule has 0 unspecified atom stereocenters. The van der Waals surface area contributed by atoms with Crippen molar-refractivity contribution in [2.24, 2.45) is 23.7 Å². The van der Waals surface area contributed by atoms with E-state index in [1.807, 2.05) is 10.9 Å². The number of nitrogens with zero attached hydrogens (tertiary/aromatic N) is 4. The lowest BCUT2D eigenvalue weighted by molar-refractivity contribution is -0.130. The number of ether oxygens (including phenoxy) is 1. The summed E-state index contributed by atoms with van der Waals surface area (Å²) in [6.45, 7) is 2.56. The molecule has 7 heteroatoms. The number of aromatic nitrogens is 3. The second-order valence-corrected chi connectivity index (χ2v) is 10.4. The topological polar surface area (TPSA) is 60.2 Å². The van der Waals surface area contributed by atoms with Crippen LogP contribution in [0.25, 0.3) is 11.3 Å². The maximum absolute atomic E-state index is 13.3. The van der Waals surface area contributed by atoms with Gasteiger partial charge < -0.3 is 9.64 Å². The van der Waals surface area contributed by atoms with Crippen molar-refractivity contribution in [3.63, 3.8) is 0 Å². The highest BCUT2D eigenvalue weighted by Gasteiger charge is 2.45. The van der Waals surface area contributed by atoms with Gasteiger partial charge in [-0.15, -0.1) is 5.10 Å². The van der Waals surface area contributed by atoms with Crippen molar-refractivity contribution in [2.75, 3.05) is 19.7 Å². The Morgan fingerprint density at radius 2 is 1.75 bits per heavy atom. The van der Waals surface area contributed by atoms with E-state index in [2.05, 4.69) is 15.2 Å². The van der Waals surface area contributed by atoms with Gasteiger partial charge in [0, 0.05) is 31.7 Å². The number of fused-ring (bicyclic) bond motifs is 1. The zero-order valence-electron chi connectivity index (χ0n) is 18.4. The molecule has 0 spiro atoms. The van der Waals surface area contributed by atoms with Crippen LogP contribution in [0, 0.1) is 29.5 Å². The minimum Gasteiger partial charge on any atom is -0.376 e. The predicted molar refractivity (Wildman–Crippen MR) is 117 cm³/mol. The van der Waals surface area contributed by atoms with Gasteiger partial charge in [0.15, 0.2) is 0 Å². The molecule has 1 amide bonds. The lowest BCUT2D eigenvalue weighted by Gasteiger charge is -2.37. The standard InChI is InChI=1S/C25H31FN4O2/c26-21-7-5-18(6-8-21)22-14-30(28-27-22)23-10-19-12-29(25(31)9-16-1-2-16)13-20(19)11-24(23)32-15-17-3-4-17/h5-8,14,16-17,19-20,23-24H,1-4,9-13,15H2/t19-,20+,23-,24-/m1/s1. The van der Waals surface area contributed by atoms with E-state index in [9.17, 15) is 9.18 Å². The van der Waals surface area contributed by atoms with Crippen LogP contribution in [0.2, 0.25) is 0 Å². The SMILES string of the molecule is O=C(CC1CC1)N1C[C@H]2C[C@@H](n3cc(-c4ccc(F)cc4)nn3)[C@H](OCC3CC3)C[C@H]2C1. The second-order valence-electron chi connectivity index (χ2n) is 10.4. The fourth-order valence-corrected chi connectivity index (χ4v) is 5.49. The number of carbonyl (C=O) groups excluding carboxylic acids is 1. The molecule has 2 heterocycles. The minimum atomic E-state index is -0.255. The molecule has 4 fully saturated rings. The molecule has 1 saturated heterocycles. The van der Waals surface area contributed by atoms with E-state index in [4.69, 9.17) is 4.74 Å². The van der Waals surface area contributed by atoms with Crippen LogP contribution < -0.4 is 0 Å². The van der Waals surface area contributed by atoms with Crippen LogP contribution in [0.3, 0.4) is 0 Å². The molecule has 3 aliphatic carbocycles. The van der Waals surface area contributed by atoms with Crippen molar-refractivity contribution in [2.45, 2.75) is 57.1 Å². The second kappa shape index (κ2) is 8.25. The summed E-state index contributed by atoms with van der Waals surface area (Å²) in [6, 6.07) is 6.50. The number of halogens is 1. The van der Waals surface area contributed by atoms with E-state index < -0.39 is 0 Å². The summed E-state index contributed by atoms with van der Waals surface area (Å²) in [4.78, 5) is 14.8. The molecule has 3 saturated carbocycles. The summed E-state index contributed by atoms with van der Waals surface area (Å²) < 4.78 is 21.7. The molecule has 4 aliphatic rings. The maximum atomic E-state index is 13.3. The first kappa shape index (κ1) is 20.3. The normalized spacial score (nSPS) is 29.8. The van der Waals surface area contributed by atoms with Crippen LogP contribution in [0.4, 0.5) is 4.39 Å². The van der Waals surface area contributed by atoms with Gasteiger partial charge >= 0.3 is 0 Å². The Balaban J connectivity index is 1.19. The first-order valence-corrected chi connectivity index (χ1v) is 12.2. The Morgan fingerprint density at radius 3 is 2.47 bits per heavy atom. The first-order chi connectivity index (χ1) is 15.6. The van der Waals surface area contributed by atoms with E-state index >= 15 is 0 Å². The van der Waals surface area contributed by atoms with E-state index in [1.165, 1.54) is 37.8 Å². The largest absolute Gasteiger partial charge is 0.376 e. The van der Waals surface area contributed by atoms with Gasteiger partial charge in [-0.05, 0) is 86.5 Å². The summed E-state index contributed by atoms with van der Waals surface area (Å²) >= 11 is 0. The zero-order valence-corrected chi connectivity index (χ0v) is 18.4. The number of amides is 1. The Kier molecular flexibility index (Phi) is 5.24. The van der Waals surface area contributed by atoms with Crippen molar-refractivity contribution >= 4 is 5.91 Å². The molecule has 0 radical (unpaired) electrons. The number of rotatable bonds is 7. The molecule has 6 rings (SSSR count). The third-order valence-electron chi connectivity index (χ3n) is 7.83. The third kappa shape index (κ3) is 4.32. The van der Waals surface area contributed by atoms with Crippen molar-refractivity contribution in [3.05, 3.63) is 36.3 Å². The molecule has 0 bridgehead atoms. The Labute approximate surface area is 188 Å². The molecule has 0 N–H and O–H groups in total. The predicted octanol–water partition coefficient (Wildman–Crippen LogP) is 4.09. The molecule has 32 heavy (non-hydrogen) atoms. The van der Waals surface area contributed by atoms with Crippen molar-refractivity contribution in [1.29, 1.82) is 0 Å². The van der Waals surface area contributed by atoms with Gasteiger partial charge in [0.05, 0.1) is 18.3 Å². The van der Waals surface area contributed by atoms with Crippen LogP contribution >= 0.6 is 0 Å². The average molecular weight is 439 g/mol. The highest BCUT2D eigenvalue weighted by atomic mass is 19.1. The molecule has 170 valence electrons. The molecular formula is C25H31FN4O2. The smallest absolute Gasteiger partial charge is 0.222 e. The van der Waals surface area contributed by atoms with Gasteiger partial charge in [0.1, 0.15) is 11.5 Å². The lowest BCUT2D eigenvalue weighted by atomic mass is 9.77. The first-order valence-electron chi connectivity index (χ1n) is 12.2. The van der Waals surface area contributed by atoms with Gasteiger partial charge in [0.2, 0.25) is 5.91 Å². The third-order valence-corrected chi connectivity index (χ3v) is 7.83. The van der Waals surface area contributed by atoms with Crippen LogP contribution in [-0.4, -0.2) is 51.6 Å². The van der Waals surface area contributed by atoms with Gasteiger partial charge in [-0.25, -0.2) is 9.07 Å². The van der Waals surface area contributed by atoms with Crippen LogP contribution in [0.15, 0.2) is 30.5 Å². The molecule has 1 aromatic heterocycles. The van der Waals surface area contributed by atoms with E-state index in [0.29, 0.717) is 29.6 Å². The molecule has 1 aliphatic heterocycles. The summed E-state index contributed by atoms with van der Waals surface area (Å²) in [6.07, 6.45) is 9.70. The summed E-state index contributed by atoms with van der Waals surface area (Å²) in [5, 5.41) is 8.83. The Morgan fingerprint density at radius 1 is 1.03 bits per heavy atom. The highest BCUT2D eigenvalue weighted by molar-refractivity contribution is 5.77. The average Bonchev–Trinajstić information content (AvgIpc) is 3.70. The van der Waals surface area contributed by atoms with Gasteiger partial charge in [0.25, 0.3) is 0 Å². The van der Waals surface area contributed by atoms with Gasteiger partial charge in [-0.2, -0.15) is 0 Å². The van der Waals surface area contributed by atoms with Crippen LogP contribution in [0.1, 0.15) is 51.0 Å². The quantitative estimate of drug-likeness (QED) is 0.653. The fourth-order valence-electron chi connectivity index (χ4n) is 5.49. The highest BCUT2D eigenvalue weighted by Crippen LogP contribution is 2.44. The Bertz CT molecular complexity index is 969. The minimum absolute atomic E-state index is 0.0955. The zero-order chi connectivity index (χ0) is 21.7. The lowest BCUT2D eigenvalue weighted by Crippen LogP contribution is -2.38. The number of likely N-dealkylation sites (tertiary alicyclic amines) is 1.